The summed E-state index contributed by atoms with van der Waals surface area (Å²) < 4.78 is 15.5. The van der Waals surface area contributed by atoms with Gasteiger partial charge in [0.05, 0.1) is 5.69 Å². The van der Waals surface area contributed by atoms with Crippen molar-refractivity contribution in [1.82, 2.24) is 9.38 Å². The van der Waals surface area contributed by atoms with Gasteiger partial charge in [0.2, 0.25) is 0 Å². The van der Waals surface area contributed by atoms with Crippen molar-refractivity contribution in [3.05, 3.63) is 90.6 Å². The van der Waals surface area contributed by atoms with Gasteiger partial charge in [0, 0.05) is 12.4 Å². The number of anilines is 1. The van der Waals surface area contributed by atoms with Gasteiger partial charge in [-0.25, -0.2) is 9.37 Å². The molecule has 0 saturated carbocycles. The minimum absolute atomic E-state index is 0.134. The number of para-hydroxylation sites is 1. The summed E-state index contributed by atoms with van der Waals surface area (Å²) in [7, 11) is 0. The summed E-state index contributed by atoms with van der Waals surface area (Å²) in [5.41, 5.74) is 3.11. The molecule has 0 atom stereocenters. The molecule has 4 nitrogen and oxygen atoms in total. The zero-order valence-electron chi connectivity index (χ0n) is 13.2. The number of imidazole rings is 1. The number of carbonyl (C=O) groups excluding carboxylic acids is 1. The van der Waals surface area contributed by atoms with Crippen LogP contribution in [0.4, 0.5) is 10.1 Å². The second kappa shape index (κ2) is 6.20. The minimum Gasteiger partial charge on any atom is -0.318 e. The Bertz CT molecular complexity index is 1060. The van der Waals surface area contributed by atoms with Gasteiger partial charge >= 0.3 is 0 Å². The van der Waals surface area contributed by atoms with E-state index in [1.54, 1.807) is 22.7 Å². The fourth-order valence-electron chi connectivity index (χ4n) is 2.65. The second-order valence-electron chi connectivity index (χ2n) is 5.61. The van der Waals surface area contributed by atoms with Crippen LogP contribution in [0.3, 0.4) is 0 Å². The van der Waals surface area contributed by atoms with E-state index in [2.05, 4.69) is 10.3 Å². The molecule has 0 aliphatic heterocycles. The number of aromatic nitrogens is 2. The summed E-state index contributed by atoms with van der Waals surface area (Å²) in [5, 5.41) is 2.54. The van der Waals surface area contributed by atoms with Crippen molar-refractivity contribution >= 4 is 17.2 Å². The number of rotatable bonds is 3. The predicted molar refractivity (Wildman–Crippen MR) is 95.0 cm³/mol. The van der Waals surface area contributed by atoms with E-state index in [4.69, 9.17) is 0 Å². The van der Waals surface area contributed by atoms with Crippen LogP contribution in [0.5, 0.6) is 0 Å². The van der Waals surface area contributed by atoms with Crippen LogP contribution in [-0.4, -0.2) is 15.3 Å². The highest BCUT2D eigenvalue weighted by Crippen LogP contribution is 2.20. The fraction of sp³-hybridized carbons (Fsp3) is 0. The van der Waals surface area contributed by atoms with E-state index >= 15 is 0 Å². The molecule has 4 aromatic rings. The average molecular weight is 331 g/mol. The Morgan fingerprint density at radius 1 is 0.880 bits per heavy atom. The minimum atomic E-state index is -0.481. The van der Waals surface area contributed by atoms with Crippen LogP contribution < -0.4 is 5.32 Å². The largest absolute Gasteiger partial charge is 0.318 e. The molecule has 5 heteroatoms. The molecular weight excluding hydrogens is 317 g/mol. The predicted octanol–water partition coefficient (Wildman–Crippen LogP) is 4.39. The van der Waals surface area contributed by atoms with Gasteiger partial charge in [-0.1, -0.05) is 42.5 Å². The lowest BCUT2D eigenvalue weighted by Crippen LogP contribution is -2.13. The van der Waals surface area contributed by atoms with Crippen LogP contribution in [0, 0.1) is 5.82 Å². The van der Waals surface area contributed by atoms with Crippen molar-refractivity contribution in [3.63, 3.8) is 0 Å². The van der Waals surface area contributed by atoms with Crippen molar-refractivity contribution in [2.24, 2.45) is 0 Å². The normalized spacial score (nSPS) is 10.8. The molecule has 2 aromatic carbocycles. The van der Waals surface area contributed by atoms with Crippen molar-refractivity contribution < 1.29 is 9.18 Å². The van der Waals surface area contributed by atoms with E-state index in [1.807, 2.05) is 48.7 Å². The first-order valence-electron chi connectivity index (χ1n) is 7.81. The molecule has 2 heterocycles. The van der Waals surface area contributed by atoms with Crippen LogP contribution >= 0.6 is 0 Å². The molecule has 1 N–H and O–H groups in total. The van der Waals surface area contributed by atoms with Gasteiger partial charge in [-0.3, -0.25) is 4.79 Å². The summed E-state index contributed by atoms with van der Waals surface area (Å²) in [4.78, 5) is 16.6. The van der Waals surface area contributed by atoms with E-state index in [9.17, 15) is 9.18 Å². The summed E-state index contributed by atoms with van der Waals surface area (Å²) >= 11 is 0. The zero-order valence-corrected chi connectivity index (χ0v) is 13.2. The Hall–Kier alpha value is -3.47. The quantitative estimate of drug-likeness (QED) is 0.605. The molecule has 0 aliphatic carbocycles. The molecule has 1 amide bonds. The van der Waals surface area contributed by atoms with Crippen LogP contribution in [-0.2, 0) is 0 Å². The third kappa shape index (κ3) is 2.99. The summed E-state index contributed by atoms with van der Waals surface area (Å²) in [5.74, 6) is -0.930. The van der Waals surface area contributed by atoms with Crippen LogP contribution in [0.2, 0.25) is 0 Å². The van der Waals surface area contributed by atoms with Crippen LogP contribution in [0.25, 0.3) is 16.8 Å². The SMILES string of the molecule is O=C(Nc1ccccc1F)c1cn2cc(-c3ccccc3)ccc2n1. The first-order valence-corrected chi connectivity index (χ1v) is 7.81. The zero-order chi connectivity index (χ0) is 17.2. The standard InChI is InChI=1S/C20H14FN3O/c21-16-8-4-5-9-17(16)23-20(25)18-13-24-12-15(10-11-19(24)22-18)14-6-2-1-3-7-14/h1-13H,(H,23,25). The van der Waals surface area contributed by atoms with Gasteiger partial charge in [0.15, 0.2) is 0 Å². The molecule has 2 aromatic heterocycles. The number of amides is 1. The van der Waals surface area contributed by atoms with Gasteiger partial charge in [-0.2, -0.15) is 0 Å². The molecule has 0 radical (unpaired) electrons. The molecule has 25 heavy (non-hydrogen) atoms. The monoisotopic (exact) mass is 331 g/mol. The summed E-state index contributed by atoms with van der Waals surface area (Å²) in [6.45, 7) is 0. The topological polar surface area (TPSA) is 46.4 Å². The Kier molecular flexibility index (Phi) is 3.74. The highest BCUT2D eigenvalue weighted by Gasteiger charge is 2.13. The molecule has 4 rings (SSSR count). The first-order chi connectivity index (χ1) is 12.2. The Morgan fingerprint density at radius 2 is 1.64 bits per heavy atom. The number of benzene rings is 2. The maximum Gasteiger partial charge on any atom is 0.275 e. The molecule has 0 aliphatic rings. The number of hydrogen-bond donors (Lipinski definition) is 1. The highest BCUT2D eigenvalue weighted by atomic mass is 19.1. The third-order valence-electron chi connectivity index (χ3n) is 3.91. The number of nitrogens with one attached hydrogen (secondary N) is 1. The molecule has 0 bridgehead atoms. The van der Waals surface area contributed by atoms with Crippen LogP contribution in [0.15, 0.2) is 79.1 Å². The van der Waals surface area contributed by atoms with Gasteiger partial charge < -0.3 is 9.72 Å². The molecule has 0 unspecified atom stereocenters. The molecule has 0 saturated heterocycles. The number of carbonyl (C=O) groups is 1. The molecule has 0 fully saturated rings. The Morgan fingerprint density at radius 3 is 2.44 bits per heavy atom. The maximum atomic E-state index is 13.7. The van der Waals surface area contributed by atoms with Gasteiger partial charge in [0.1, 0.15) is 17.2 Å². The first kappa shape index (κ1) is 15.1. The van der Waals surface area contributed by atoms with E-state index in [-0.39, 0.29) is 11.4 Å². The third-order valence-corrected chi connectivity index (χ3v) is 3.91. The van der Waals surface area contributed by atoms with Crippen LogP contribution in [0.1, 0.15) is 10.5 Å². The summed E-state index contributed by atoms with van der Waals surface area (Å²) in [6.07, 6.45) is 3.55. The molecule has 122 valence electrons. The van der Waals surface area contributed by atoms with E-state index in [0.29, 0.717) is 5.65 Å². The van der Waals surface area contributed by atoms with Crippen molar-refractivity contribution in [2.45, 2.75) is 0 Å². The number of hydrogen-bond acceptors (Lipinski definition) is 2. The number of halogens is 1. The number of fused-ring (bicyclic) bond motifs is 1. The molecule has 0 spiro atoms. The van der Waals surface area contributed by atoms with E-state index in [1.165, 1.54) is 12.1 Å². The lowest BCUT2D eigenvalue weighted by molar-refractivity contribution is 0.102. The Balaban J connectivity index is 1.65. The van der Waals surface area contributed by atoms with Crippen molar-refractivity contribution in [3.8, 4) is 11.1 Å². The molecular formula is C20H14FN3O. The lowest BCUT2D eigenvalue weighted by atomic mass is 10.1. The summed E-state index contributed by atoms with van der Waals surface area (Å²) in [6, 6.07) is 19.8. The Labute approximate surface area is 143 Å². The van der Waals surface area contributed by atoms with E-state index < -0.39 is 11.7 Å². The van der Waals surface area contributed by atoms with Gasteiger partial charge in [-0.05, 0) is 35.4 Å². The number of pyridine rings is 1. The van der Waals surface area contributed by atoms with Gasteiger partial charge in [-0.15, -0.1) is 0 Å². The lowest BCUT2D eigenvalue weighted by Gasteiger charge is -2.03. The maximum absolute atomic E-state index is 13.7. The fourth-order valence-corrected chi connectivity index (χ4v) is 2.65. The van der Waals surface area contributed by atoms with Gasteiger partial charge in [0.25, 0.3) is 5.91 Å². The van der Waals surface area contributed by atoms with E-state index in [0.717, 1.165) is 11.1 Å². The van der Waals surface area contributed by atoms with Crippen molar-refractivity contribution in [2.75, 3.05) is 5.32 Å². The smallest absolute Gasteiger partial charge is 0.275 e. The highest BCUT2D eigenvalue weighted by molar-refractivity contribution is 6.03. The number of nitrogens with zero attached hydrogens (tertiary/aromatic N) is 2. The second-order valence-corrected chi connectivity index (χ2v) is 5.61. The van der Waals surface area contributed by atoms with Crippen molar-refractivity contribution in [1.29, 1.82) is 0 Å². The average Bonchev–Trinajstić information content (AvgIpc) is 3.08.